The van der Waals surface area contributed by atoms with Crippen molar-refractivity contribution in [3.63, 3.8) is 0 Å². The van der Waals surface area contributed by atoms with Crippen molar-refractivity contribution in [2.75, 3.05) is 13.4 Å². The van der Waals surface area contributed by atoms with Crippen molar-refractivity contribution in [3.05, 3.63) is 71.2 Å². The molecule has 4 rings (SSSR count). The van der Waals surface area contributed by atoms with E-state index in [1.54, 1.807) is 18.3 Å². The van der Waals surface area contributed by atoms with Gasteiger partial charge in [0.05, 0.1) is 12.3 Å². The molecule has 1 aliphatic rings. The van der Waals surface area contributed by atoms with E-state index in [1.807, 2.05) is 55.5 Å². The van der Waals surface area contributed by atoms with Gasteiger partial charge >= 0.3 is 0 Å². The van der Waals surface area contributed by atoms with Crippen LogP contribution in [0.4, 0.5) is 5.69 Å². The Morgan fingerprint density at radius 3 is 2.54 bits per heavy atom. The number of fused-ring (bicyclic) bond motifs is 1. The van der Waals surface area contributed by atoms with E-state index < -0.39 is 0 Å². The second-order valence-electron chi connectivity index (χ2n) is 5.99. The first-order valence-corrected chi connectivity index (χ1v) is 9.23. The summed E-state index contributed by atoms with van der Waals surface area (Å²) < 4.78 is 22.3. The number of benzene rings is 3. The quantitative estimate of drug-likeness (QED) is 0.479. The fourth-order valence-corrected chi connectivity index (χ4v) is 2.91. The van der Waals surface area contributed by atoms with Crippen LogP contribution in [0.1, 0.15) is 12.5 Å². The van der Waals surface area contributed by atoms with Crippen molar-refractivity contribution in [1.82, 2.24) is 0 Å². The first-order valence-electron chi connectivity index (χ1n) is 8.85. The highest BCUT2D eigenvalue weighted by Gasteiger charge is 2.17. The summed E-state index contributed by atoms with van der Waals surface area (Å²) in [5.41, 5.74) is 1.61. The molecule has 0 saturated heterocycles. The number of nitrogens with zero attached hydrogens (tertiary/aromatic N) is 1. The van der Waals surface area contributed by atoms with E-state index in [1.165, 1.54) is 0 Å². The van der Waals surface area contributed by atoms with E-state index in [9.17, 15) is 0 Å². The Morgan fingerprint density at radius 2 is 1.79 bits per heavy atom. The molecule has 142 valence electrons. The Labute approximate surface area is 168 Å². The highest BCUT2D eigenvalue weighted by Crippen LogP contribution is 2.37. The van der Waals surface area contributed by atoms with E-state index in [-0.39, 0.29) is 6.79 Å². The third-order valence-corrected chi connectivity index (χ3v) is 4.26. The number of aliphatic imine (C=N–C) groups is 1. The smallest absolute Gasteiger partial charge is 0.231 e. The van der Waals surface area contributed by atoms with Gasteiger partial charge in [0.25, 0.3) is 0 Å². The summed E-state index contributed by atoms with van der Waals surface area (Å²) >= 11 is 5.98. The molecule has 3 aromatic rings. The third kappa shape index (κ3) is 4.21. The molecule has 1 heterocycles. The average molecular weight is 396 g/mol. The third-order valence-electron chi connectivity index (χ3n) is 4.03. The summed E-state index contributed by atoms with van der Waals surface area (Å²) in [6.07, 6.45) is 1.75. The summed E-state index contributed by atoms with van der Waals surface area (Å²) in [4.78, 5) is 4.53. The summed E-state index contributed by atoms with van der Waals surface area (Å²) in [5.74, 6) is 3.47. The van der Waals surface area contributed by atoms with Gasteiger partial charge in [0.1, 0.15) is 17.2 Å². The molecule has 6 heteroatoms. The standard InChI is InChI=1S/C22H18ClNO4/c1-2-25-20-12-22-21(26-14-27-22)10-15(20)13-24-17-6-8-18(9-7-17)28-19-5-3-4-16(23)11-19/h3-13H,2,14H2,1H3. The van der Waals surface area contributed by atoms with Gasteiger partial charge < -0.3 is 18.9 Å². The predicted molar refractivity (Wildman–Crippen MR) is 109 cm³/mol. The molecular weight excluding hydrogens is 378 g/mol. The maximum atomic E-state index is 5.98. The van der Waals surface area contributed by atoms with Crippen molar-refractivity contribution in [2.45, 2.75) is 6.92 Å². The molecule has 5 nitrogen and oxygen atoms in total. The zero-order valence-electron chi connectivity index (χ0n) is 15.2. The minimum atomic E-state index is 0.218. The van der Waals surface area contributed by atoms with Gasteiger partial charge in [0.2, 0.25) is 6.79 Å². The maximum Gasteiger partial charge on any atom is 0.231 e. The van der Waals surface area contributed by atoms with Crippen LogP contribution in [-0.2, 0) is 0 Å². The van der Waals surface area contributed by atoms with Gasteiger partial charge in [-0.05, 0) is 55.5 Å². The Kier molecular flexibility index (Phi) is 5.35. The largest absolute Gasteiger partial charge is 0.493 e. The van der Waals surface area contributed by atoms with Gasteiger partial charge in [-0.25, -0.2) is 0 Å². The lowest BCUT2D eigenvalue weighted by molar-refractivity contribution is 0.174. The van der Waals surface area contributed by atoms with Crippen molar-refractivity contribution in [3.8, 4) is 28.7 Å². The van der Waals surface area contributed by atoms with Gasteiger partial charge in [-0.15, -0.1) is 0 Å². The molecule has 28 heavy (non-hydrogen) atoms. The molecule has 0 spiro atoms. The molecule has 0 amide bonds. The lowest BCUT2D eigenvalue weighted by Crippen LogP contribution is -1.96. The summed E-state index contributed by atoms with van der Waals surface area (Å²) in [6.45, 7) is 2.70. The fourth-order valence-electron chi connectivity index (χ4n) is 2.73. The minimum absolute atomic E-state index is 0.218. The van der Waals surface area contributed by atoms with Crippen LogP contribution in [0.3, 0.4) is 0 Å². The minimum Gasteiger partial charge on any atom is -0.493 e. The molecule has 1 aliphatic heterocycles. The molecule has 3 aromatic carbocycles. The molecule has 0 atom stereocenters. The predicted octanol–water partition coefficient (Wildman–Crippen LogP) is 6.01. The molecule has 0 aliphatic carbocycles. The molecule has 0 saturated carbocycles. The monoisotopic (exact) mass is 395 g/mol. The second kappa shape index (κ2) is 8.23. The van der Waals surface area contributed by atoms with Crippen LogP contribution in [0.25, 0.3) is 0 Å². The lowest BCUT2D eigenvalue weighted by atomic mass is 10.2. The highest BCUT2D eigenvalue weighted by atomic mass is 35.5. The molecule has 0 unspecified atom stereocenters. The van der Waals surface area contributed by atoms with Crippen LogP contribution < -0.4 is 18.9 Å². The van der Waals surface area contributed by atoms with Crippen LogP contribution >= 0.6 is 11.6 Å². The van der Waals surface area contributed by atoms with E-state index in [2.05, 4.69) is 4.99 Å². The normalized spacial score (nSPS) is 12.4. The van der Waals surface area contributed by atoms with Gasteiger partial charge in [-0.2, -0.15) is 0 Å². The van der Waals surface area contributed by atoms with E-state index in [4.69, 9.17) is 30.5 Å². The number of hydrogen-bond acceptors (Lipinski definition) is 5. The van der Waals surface area contributed by atoms with Gasteiger partial charge in [-0.1, -0.05) is 17.7 Å². The van der Waals surface area contributed by atoms with Crippen molar-refractivity contribution >= 4 is 23.5 Å². The number of hydrogen-bond donors (Lipinski definition) is 0. The summed E-state index contributed by atoms with van der Waals surface area (Å²) in [7, 11) is 0. The van der Waals surface area contributed by atoms with Crippen LogP contribution in [0, 0.1) is 0 Å². The van der Waals surface area contributed by atoms with Crippen LogP contribution in [-0.4, -0.2) is 19.6 Å². The Morgan fingerprint density at radius 1 is 1.00 bits per heavy atom. The average Bonchev–Trinajstić information content (AvgIpc) is 3.15. The highest BCUT2D eigenvalue weighted by molar-refractivity contribution is 6.30. The van der Waals surface area contributed by atoms with Crippen LogP contribution in [0.5, 0.6) is 28.7 Å². The van der Waals surface area contributed by atoms with Gasteiger partial charge in [-0.3, -0.25) is 4.99 Å². The maximum absolute atomic E-state index is 5.98. The zero-order valence-corrected chi connectivity index (χ0v) is 16.0. The summed E-state index contributed by atoms with van der Waals surface area (Å²) in [6, 6.07) is 18.4. The van der Waals surface area contributed by atoms with Gasteiger partial charge in [0, 0.05) is 22.9 Å². The van der Waals surface area contributed by atoms with Gasteiger partial charge in [0.15, 0.2) is 11.5 Å². The van der Waals surface area contributed by atoms with E-state index in [0.717, 1.165) is 11.3 Å². The van der Waals surface area contributed by atoms with E-state index >= 15 is 0 Å². The van der Waals surface area contributed by atoms with E-state index in [0.29, 0.717) is 40.4 Å². The molecule has 0 bridgehead atoms. The summed E-state index contributed by atoms with van der Waals surface area (Å²) in [5, 5.41) is 0.632. The number of ether oxygens (including phenoxy) is 4. The topological polar surface area (TPSA) is 49.3 Å². The first-order chi connectivity index (χ1) is 13.7. The molecule has 0 aromatic heterocycles. The Bertz CT molecular complexity index is 1000. The molecule has 0 N–H and O–H groups in total. The second-order valence-corrected chi connectivity index (χ2v) is 6.42. The number of rotatable bonds is 6. The van der Waals surface area contributed by atoms with Crippen molar-refractivity contribution in [2.24, 2.45) is 4.99 Å². The lowest BCUT2D eigenvalue weighted by Gasteiger charge is -2.08. The van der Waals surface area contributed by atoms with Crippen molar-refractivity contribution in [1.29, 1.82) is 0 Å². The SMILES string of the molecule is CCOc1cc2c(cc1C=Nc1ccc(Oc3cccc(Cl)c3)cc1)OCO2. The molecule has 0 fully saturated rings. The molecular formula is C22H18ClNO4. The molecule has 0 radical (unpaired) electrons. The zero-order chi connectivity index (χ0) is 19.3. The van der Waals surface area contributed by atoms with Crippen LogP contribution in [0.15, 0.2) is 65.7 Å². The van der Waals surface area contributed by atoms with Crippen LogP contribution in [0.2, 0.25) is 5.02 Å². The van der Waals surface area contributed by atoms with Crippen molar-refractivity contribution < 1.29 is 18.9 Å². The Hall–Kier alpha value is -3.18. The first kappa shape index (κ1) is 18.2. The number of halogens is 1. The fraction of sp³-hybridized carbons (Fsp3) is 0.136. The Balaban J connectivity index is 1.50.